The molecular weight excluding hydrogens is 338 g/mol. The summed E-state index contributed by atoms with van der Waals surface area (Å²) in [5.74, 6) is -0.549. The zero-order valence-corrected chi connectivity index (χ0v) is 13.8. The summed E-state index contributed by atoms with van der Waals surface area (Å²) in [6.45, 7) is 0.212. The third-order valence-electron chi connectivity index (χ3n) is 3.30. The molecule has 0 saturated carbocycles. The lowest BCUT2D eigenvalue weighted by molar-refractivity contribution is -0.127. The molecule has 3 aromatic rings. The minimum absolute atomic E-state index is 0.0310. The molecule has 0 radical (unpaired) electrons. The number of carbonyl (C=O) groups is 1. The van der Waals surface area contributed by atoms with Crippen molar-refractivity contribution < 1.29 is 17.6 Å². The lowest BCUT2D eigenvalue weighted by Crippen LogP contribution is -2.32. The van der Waals surface area contributed by atoms with E-state index >= 15 is 0 Å². The second kappa shape index (κ2) is 6.09. The van der Waals surface area contributed by atoms with E-state index in [1.54, 1.807) is 24.3 Å². The lowest BCUT2D eigenvalue weighted by atomic mass is 10.3. The number of nitrogens with zero attached hydrogens (tertiary/aromatic N) is 3. The molecule has 0 bridgehead atoms. The van der Waals surface area contributed by atoms with E-state index < -0.39 is 21.5 Å². The SMILES string of the molecule is CN(Cc1ccco1)C(=O)CS(=O)(=O)c1cccc2nsnc12. The van der Waals surface area contributed by atoms with Gasteiger partial charge >= 0.3 is 0 Å². The normalized spacial score (nSPS) is 11.7. The fourth-order valence-corrected chi connectivity index (χ4v) is 4.15. The standard InChI is InChI=1S/C14H13N3O4S2/c1-17(8-10-4-3-7-21-10)13(18)9-23(19,20)12-6-2-5-11-14(12)16-22-15-11/h2-7H,8-9H2,1H3. The quantitative estimate of drug-likeness (QED) is 0.695. The Labute approximate surface area is 136 Å². The van der Waals surface area contributed by atoms with Gasteiger partial charge in [-0.05, 0) is 24.3 Å². The van der Waals surface area contributed by atoms with E-state index in [0.29, 0.717) is 16.8 Å². The highest BCUT2D eigenvalue weighted by molar-refractivity contribution is 7.92. The predicted molar refractivity (Wildman–Crippen MR) is 84.6 cm³/mol. The summed E-state index contributed by atoms with van der Waals surface area (Å²) in [6.07, 6.45) is 1.50. The van der Waals surface area contributed by atoms with Crippen molar-refractivity contribution in [1.82, 2.24) is 13.6 Å². The maximum atomic E-state index is 12.5. The van der Waals surface area contributed by atoms with Crippen LogP contribution in [0.1, 0.15) is 5.76 Å². The highest BCUT2D eigenvalue weighted by Crippen LogP contribution is 2.22. The highest BCUT2D eigenvalue weighted by Gasteiger charge is 2.25. The number of hydrogen-bond acceptors (Lipinski definition) is 7. The zero-order chi connectivity index (χ0) is 16.4. The first-order valence-electron chi connectivity index (χ1n) is 6.68. The van der Waals surface area contributed by atoms with E-state index in [1.807, 2.05) is 0 Å². The van der Waals surface area contributed by atoms with Crippen LogP contribution in [0.2, 0.25) is 0 Å². The number of fused-ring (bicyclic) bond motifs is 1. The average molecular weight is 351 g/mol. The van der Waals surface area contributed by atoms with Gasteiger partial charge in [0.25, 0.3) is 0 Å². The van der Waals surface area contributed by atoms with Crippen LogP contribution in [0.5, 0.6) is 0 Å². The van der Waals surface area contributed by atoms with Gasteiger partial charge in [-0.3, -0.25) is 4.79 Å². The molecule has 9 heteroatoms. The van der Waals surface area contributed by atoms with E-state index in [4.69, 9.17) is 4.42 Å². The summed E-state index contributed by atoms with van der Waals surface area (Å²) >= 11 is 0.939. The van der Waals surface area contributed by atoms with Gasteiger partial charge in [-0.15, -0.1) is 0 Å². The molecule has 120 valence electrons. The van der Waals surface area contributed by atoms with Gasteiger partial charge in [0.2, 0.25) is 5.91 Å². The molecule has 1 amide bonds. The molecule has 0 atom stereocenters. The second-order valence-corrected chi connectivity index (χ2v) is 7.46. The van der Waals surface area contributed by atoms with Crippen LogP contribution in [0.15, 0.2) is 45.9 Å². The molecule has 1 aromatic carbocycles. The molecule has 0 fully saturated rings. The third-order valence-corrected chi connectivity index (χ3v) is 5.47. The van der Waals surface area contributed by atoms with E-state index in [2.05, 4.69) is 8.75 Å². The number of hydrogen-bond donors (Lipinski definition) is 0. The Morgan fingerprint density at radius 1 is 1.26 bits per heavy atom. The number of amides is 1. The fraction of sp³-hybridized carbons (Fsp3) is 0.214. The smallest absolute Gasteiger partial charge is 0.238 e. The molecule has 2 heterocycles. The van der Waals surface area contributed by atoms with Crippen molar-refractivity contribution in [2.45, 2.75) is 11.4 Å². The van der Waals surface area contributed by atoms with E-state index in [9.17, 15) is 13.2 Å². The van der Waals surface area contributed by atoms with Gasteiger partial charge in [0, 0.05) is 7.05 Å². The van der Waals surface area contributed by atoms with E-state index in [-0.39, 0.29) is 11.4 Å². The van der Waals surface area contributed by atoms with Crippen LogP contribution in [-0.4, -0.2) is 40.8 Å². The highest BCUT2D eigenvalue weighted by atomic mass is 32.2. The van der Waals surface area contributed by atoms with Crippen molar-refractivity contribution in [3.63, 3.8) is 0 Å². The number of benzene rings is 1. The lowest BCUT2D eigenvalue weighted by Gasteiger charge is -2.15. The molecular formula is C14H13N3O4S2. The molecule has 23 heavy (non-hydrogen) atoms. The molecule has 2 aromatic heterocycles. The molecule has 0 spiro atoms. The van der Waals surface area contributed by atoms with Crippen molar-refractivity contribution in [2.24, 2.45) is 0 Å². The van der Waals surface area contributed by atoms with Gasteiger partial charge in [-0.25, -0.2) is 8.42 Å². The van der Waals surface area contributed by atoms with Gasteiger partial charge in [-0.2, -0.15) is 8.75 Å². The van der Waals surface area contributed by atoms with E-state index in [0.717, 1.165) is 11.7 Å². The summed E-state index contributed by atoms with van der Waals surface area (Å²) in [5.41, 5.74) is 0.812. The van der Waals surface area contributed by atoms with Crippen LogP contribution in [0, 0.1) is 0 Å². The molecule has 0 aliphatic carbocycles. The Hall–Kier alpha value is -2.26. The van der Waals surface area contributed by atoms with Crippen molar-refractivity contribution >= 4 is 38.5 Å². The Morgan fingerprint density at radius 3 is 2.83 bits per heavy atom. The third kappa shape index (κ3) is 3.25. The minimum Gasteiger partial charge on any atom is -0.467 e. The topological polar surface area (TPSA) is 93.4 Å². The summed E-state index contributed by atoms with van der Waals surface area (Å²) in [4.78, 5) is 13.6. The number of aromatic nitrogens is 2. The molecule has 0 saturated heterocycles. The Morgan fingerprint density at radius 2 is 2.09 bits per heavy atom. The summed E-state index contributed by atoms with van der Waals surface area (Å²) in [6, 6.07) is 8.15. The fourth-order valence-electron chi connectivity index (χ4n) is 2.11. The van der Waals surface area contributed by atoms with Crippen molar-refractivity contribution in [1.29, 1.82) is 0 Å². The van der Waals surface area contributed by atoms with Crippen LogP contribution in [0.3, 0.4) is 0 Å². The first kappa shape index (κ1) is 15.6. The number of carbonyl (C=O) groups excluding carboxylic acids is 1. The van der Waals surface area contributed by atoms with E-state index in [1.165, 1.54) is 24.3 Å². The molecule has 0 aliphatic rings. The second-order valence-electron chi connectivity index (χ2n) is 4.98. The summed E-state index contributed by atoms with van der Waals surface area (Å²) < 4.78 is 38.2. The van der Waals surface area contributed by atoms with Crippen molar-refractivity contribution in [2.75, 3.05) is 12.8 Å². The van der Waals surface area contributed by atoms with Gasteiger partial charge in [0.15, 0.2) is 9.84 Å². The maximum Gasteiger partial charge on any atom is 0.238 e. The van der Waals surface area contributed by atoms with Gasteiger partial charge < -0.3 is 9.32 Å². The molecule has 7 nitrogen and oxygen atoms in total. The Kier molecular flexibility index (Phi) is 4.14. The molecule has 0 N–H and O–H groups in total. The first-order valence-corrected chi connectivity index (χ1v) is 9.06. The van der Waals surface area contributed by atoms with Crippen LogP contribution in [0.4, 0.5) is 0 Å². The van der Waals surface area contributed by atoms with Gasteiger partial charge in [0.1, 0.15) is 22.5 Å². The van der Waals surface area contributed by atoms with Crippen LogP contribution in [-0.2, 0) is 21.2 Å². The predicted octanol–water partition coefficient (Wildman–Crippen LogP) is 1.72. The molecule has 0 aliphatic heterocycles. The van der Waals surface area contributed by atoms with Crippen molar-refractivity contribution in [3.8, 4) is 0 Å². The maximum absolute atomic E-state index is 12.5. The largest absolute Gasteiger partial charge is 0.467 e. The minimum atomic E-state index is -3.80. The summed E-state index contributed by atoms with van der Waals surface area (Å²) in [7, 11) is -2.26. The Balaban J connectivity index is 1.80. The van der Waals surface area contributed by atoms with Crippen LogP contribution < -0.4 is 0 Å². The Bertz CT molecular complexity index is 932. The van der Waals surface area contributed by atoms with Crippen LogP contribution in [0.25, 0.3) is 11.0 Å². The van der Waals surface area contributed by atoms with Gasteiger partial charge in [-0.1, -0.05) is 6.07 Å². The molecule has 0 unspecified atom stereocenters. The number of furan rings is 1. The zero-order valence-electron chi connectivity index (χ0n) is 12.2. The summed E-state index contributed by atoms with van der Waals surface area (Å²) in [5, 5.41) is 0. The van der Waals surface area contributed by atoms with Gasteiger partial charge in [0.05, 0.1) is 29.4 Å². The number of sulfone groups is 1. The number of rotatable bonds is 5. The first-order chi connectivity index (χ1) is 11.0. The average Bonchev–Trinajstić information content (AvgIpc) is 3.16. The monoisotopic (exact) mass is 351 g/mol. The molecule has 3 rings (SSSR count). The van der Waals surface area contributed by atoms with Crippen molar-refractivity contribution in [3.05, 3.63) is 42.4 Å². The van der Waals surface area contributed by atoms with Crippen LogP contribution >= 0.6 is 11.7 Å².